The minimum Gasteiger partial charge on any atom is -0.308 e. The van der Waals surface area contributed by atoms with E-state index in [-0.39, 0.29) is 22.5 Å². The summed E-state index contributed by atoms with van der Waals surface area (Å²) in [7, 11) is 0. The van der Waals surface area contributed by atoms with Crippen molar-refractivity contribution in [2.75, 3.05) is 0 Å². The van der Waals surface area contributed by atoms with Crippen LogP contribution in [0.3, 0.4) is 0 Å². The lowest BCUT2D eigenvalue weighted by molar-refractivity contribution is -0.137. The van der Waals surface area contributed by atoms with Crippen LogP contribution in [0, 0.1) is 11.6 Å². The van der Waals surface area contributed by atoms with Crippen LogP contribution >= 0.6 is 22.7 Å². The van der Waals surface area contributed by atoms with Gasteiger partial charge in [0.25, 0.3) is 0 Å². The Morgan fingerprint density at radius 3 is 1.28 bits per heavy atom. The molecule has 0 bridgehead atoms. The summed E-state index contributed by atoms with van der Waals surface area (Å²) < 4.78 is 87.4. The predicted molar refractivity (Wildman–Crippen MR) is 231 cm³/mol. The standard InChI is InChI=1S/C49H25F5N2S2/c50-28-21-26(22-29(51)25-28)27-23-38(55-36-13-5-1-9-30(36)32-17-19-42-44(47(32)55)34-11-3-7-15-40(34)57-42)46(49(52,53)54)39(24-27)56-37-14-6-2-10-31(37)33-18-20-43-45(48(33)56)35-12-4-8-16-41(35)58-43/h1-25H. The molecular formula is C49H25F5N2S2. The molecule has 0 saturated heterocycles. The maximum atomic E-state index is 16.6. The van der Waals surface area contributed by atoms with E-state index in [1.165, 1.54) is 24.3 Å². The molecule has 0 spiro atoms. The van der Waals surface area contributed by atoms with Gasteiger partial charge >= 0.3 is 6.18 Å². The first-order chi connectivity index (χ1) is 28.2. The smallest absolute Gasteiger partial charge is 0.308 e. The Kier molecular flexibility index (Phi) is 6.94. The Labute approximate surface area is 333 Å². The van der Waals surface area contributed by atoms with Crippen molar-refractivity contribution in [2.45, 2.75) is 6.18 Å². The highest BCUT2D eigenvalue weighted by atomic mass is 32.1. The Morgan fingerprint density at radius 1 is 0.397 bits per heavy atom. The summed E-state index contributed by atoms with van der Waals surface area (Å²) in [6.07, 6.45) is -4.90. The van der Waals surface area contributed by atoms with Crippen LogP contribution in [0.2, 0.25) is 0 Å². The van der Waals surface area contributed by atoms with Gasteiger partial charge in [-0.05, 0) is 71.8 Å². The number of aromatic nitrogens is 2. The van der Waals surface area contributed by atoms with Gasteiger partial charge < -0.3 is 9.13 Å². The fourth-order valence-corrected chi connectivity index (χ4v) is 11.4. The lowest BCUT2D eigenvalue weighted by atomic mass is 9.98. The van der Waals surface area contributed by atoms with Crippen LogP contribution in [0.25, 0.3) is 106 Å². The first kappa shape index (κ1) is 33.6. The maximum Gasteiger partial charge on any atom is 0.420 e. The van der Waals surface area contributed by atoms with Crippen LogP contribution in [-0.2, 0) is 6.18 Å². The monoisotopic (exact) mass is 800 g/mol. The van der Waals surface area contributed by atoms with Crippen molar-refractivity contribution in [3.05, 3.63) is 169 Å². The van der Waals surface area contributed by atoms with Gasteiger partial charge in [-0.15, -0.1) is 22.7 Å². The molecule has 0 aliphatic rings. The number of benzene rings is 8. The lowest BCUT2D eigenvalue weighted by Gasteiger charge is -2.23. The molecule has 8 aromatic carbocycles. The van der Waals surface area contributed by atoms with Gasteiger partial charge in [0.15, 0.2) is 0 Å². The average Bonchev–Trinajstić information content (AvgIpc) is 3.97. The highest BCUT2D eigenvalue weighted by molar-refractivity contribution is 7.26. The zero-order valence-electron chi connectivity index (χ0n) is 30.0. The quantitative estimate of drug-likeness (QED) is 0.158. The molecule has 0 aliphatic heterocycles. The molecule has 278 valence electrons. The van der Waals surface area contributed by atoms with Crippen LogP contribution in [-0.4, -0.2) is 9.13 Å². The molecule has 0 atom stereocenters. The fraction of sp³-hybridized carbons (Fsp3) is 0.0204. The van der Waals surface area contributed by atoms with Gasteiger partial charge in [-0.3, -0.25) is 0 Å². The molecule has 0 amide bonds. The second-order valence-electron chi connectivity index (χ2n) is 14.6. The largest absolute Gasteiger partial charge is 0.420 e. The Balaban J connectivity index is 1.34. The first-order valence-corrected chi connectivity index (χ1v) is 20.3. The molecule has 12 aromatic rings. The predicted octanol–water partition coefficient (Wildman–Crippen LogP) is 15.6. The highest BCUT2D eigenvalue weighted by Gasteiger charge is 2.40. The number of halogens is 5. The Bertz CT molecular complexity index is 3480. The molecule has 0 unspecified atom stereocenters. The van der Waals surface area contributed by atoms with Crippen molar-refractivity contribution < 1.29 is 22.0 Å². The maximum absolute atomic E-state index is 16.6. The van der Waals surface area contributed by atoms with Crippen LogP contribution in [0.15, 0.2) is 152 Å². The zero-order chi connectivity index (χ0) is 39.0. The van der Waals surface area contributed by atoms with Crippen LogP contribution in [0.4, 0.5) is 22.0 Å². The van der Waals surface area contributed by atoms with Crippen molar-refractivity contribution in [2.24, 2.45) is 0 Å². The lowest BCUT2D eigenvalue weighted by Crippen LogP contribution is -2.16. The van der Waals surface area contributed by atoms with Crippen molar-refractivity contribution in [3.63, 3.8) is 0 Å². The number of para-hydroxylation sites is 2. The number of thiophene rings is 2. The molecule has 0 N–H and O–H groups in total. The third-order valence-electron chi connectivity index (χ3n) is 11.4. The minimum atomic E-state index is -4.90. The number of hydrogen-bond acceptors (Lipinski definition) is 2. The molecule has 0 saturated carbocycles. The van der Waals surface area contributed by atoms with E-state index in [2.05, 4.69) is 0 Å². The number of nitrogens with zero attached hydrogens (tertiary/aromatic N) is 2. The van der Waals surface area contributed by atoms with Crippen LogP contribution < -0.4 is 0 Å². The van der Waals surface area contributed by atoms with E-state index in [1.807, 2.05) is 121 Å². The summed E-state index contributed by atoms with van der Waals surface area (Å²) in [6, 6.07) is 44.9. The molecule has 9 heteroatoms. The summed E-state index contributed by atoms with van der Waals surface area (Å²) in [5.74, 6) is -1.66. The summed E-state index contributed by atoms with van der Waals surface area (Å²) in [4.78, 5) is 0. The third-order valence-corrected chi connectivity index (χ3v) is 13.7. The van der Waals surface area contributed by atoms with Crippen LogP contribution in [0.5, 0.6) is 0 Å². The van der Waals surface area contributed by atoms with Crippen molar-refractivity contribution in [3.8, 4) is 22.5 Å². The summed E-state index contributed by atoms with van der Waals surface area (Å²) in [6.45, 7) is 0. The summed E-state index contributed by atoms with van der Waals surface area (Å²) in [5.41, 5.74) is 1.60. The van der Waals surface area contributed by atoms with Crippen LogP contribution in [0.1, 0.15) is 5.56 Å². The number of alkyl halides is 3. The van der Waals surface area contributed by atoms with Gasteiger partial charge in [0.05, 0.1) is 33.4 Å². The molecule has 58 heavy (non-hydrogen) atoms. The van der Waals surface area contributed by atoms with Gasteiger partial charge in [-0.25, -0.2) is 8.78 Å². The van der Waals surface area contributed by atoms with Gasteiger partial charge in [0.2, 0.25) is 0 Å². The molecule has 0 fully saturated rings. The number of rotatable bonds is 3. The van der Waals surface area contributed by atoms with E-state index in [0.29, 0.717) is 22.1 Å². The summed E-state index contributed by atoms with van der Waals surface area (Å²) >= 11 is 3.18. The molecule has 0 radical (unpaired) electrons. The van der Waals surface area contributed by atoms with Crippen molar-refractivity contribution in [1.29, 1.82) is 0 Å². The van der Waals surface area contributed by atoms with Gasteiger partial charge in [0, 0.05) is 68.0 Å². The third kappa shape index (κ3) is 4.68. The molecule has 2 nitrogen and oxygen atoms in total. The number of fused-ring (bicyclic) bond motifs is 14. The van der Waals surface area contributed by atoms with Crippen molar-refractivity contribution >= 4 is 107 Å². The molecule has 12 rings (SSSR count). The van der Waals surface area contributed by atoms with Gasteiger partial charge in [0.1, 0.15) is 17.2 Å². The van der Waals surface area contributed by atoms with E-state index in [0.717, 1.165) is 68.0 Å². The van der Waals surface area contributed by atoms with E-state index < -0.39 is 23.4 Å². The van der Waals surface area contributed by atoms with E-state index in [9.17, 15) is 0 Å². The minimum absolute atomic E-state index is 0.118. The normalized spacial score (nSPS) is 12.6. The highest BCUT2D eigenvalue weighted by Crippen LogP contribution is 2.50. The zero-order valence-corrected chi connectivity index (χ0v) is 31.7. The molecular weight excluding hydrogens is 776 g/mol. The molecule has 4 heterocycles. The van der Waals surface area contributed by atoms with Crippen molar-refractivity contribution in [1.82, 2.24) is 9.13 Å². The topological polar surface area (TPSA) is 9.86 Å². The van der Waals surface area contributed by atoms with E-state index in [4.69, 9.17) is 0 Å². The average molecular weight is 801 g/mol. The number of hydrogen-bond donors (Lipinski definition) is 0. The summed E-state index contributed by atoms with van der Waals surface area (Å²) in [5, 5.41) is 6.72. The van der Waals surface area contributed by atoms with Gasteiger partial charge in [-0.2, -0.15) is 13.2 Å². The van der Waals surface area contributed by atoms with E-state index in [1.54, 1.807) is 31.8 Å². The SMILES string of the molecule is Fc1cc(F)cc(-c2cc(-n3c4ccccc4c4ccc5sc6ccccc6c5c43)c(C(F)(F)F)c(-n3c4ccccc4c4ccc5sc6ccccc6c5c43)c2)c1. The first-order valence-electron chi connectivity index (χ1n) is 18.6. The Morgan fingerprint density at radius 2 is 0.810 bits per heavy atom. The Hall–Kier alpha value is -6.55. The second kappa shape index (κ2) is 12.0. The second-order valence-corrected chi connectivity index (χ2v) is 16.8. The molecule has 4 aromatic heterocycles. The fourth-order valence-electron chi connectivity index (χ4n) is 9.17. The van der Waals surface area contributed by atoms with Gasteiger partial charge in [-0.1, -0.05) is 84.9 Å². The molecule has 0 aliphatic carbocycles. The van der Waals surface area contributed by atoms with E-state index >= 15 is 22.0 Å².